The zero-order chi connectivity index (χ0) is 24.5. The molecule has 0 aliphatic heterocycles. The number of nitrogens with one attached hydrogen (secondary N) is 3. The van der Waals surface area contributed by atoms with Gasteiger partial charge >= 0.3 is 6.36 Å². The average molecular weight is 463 g/mol. The number of alkyl halides is 3. The van der Waals surface area contributed by atoms with Crippen LogP contribution in [0.5, 0.6) is 5.75 Å². The molecule has 6 N–H and O–H groups in total. The van der Waals surface area contributed by atoms with Crippen LogP contribution in [0, 0.1) is 5.41 Å². The lowest BCUT2D eigenvalue weighted by molar-refractivity contribution is -0.274. The third kappa shape index (κ3) is 10.7. The number of hydrogen-bond acceptors (Lipinski definition) is 6. The Morgan fingerprint density at radius 1 is 1.22 bits per heavy atom. The van der Waals surface area contributed by atoms with Crippen LogP contribution in [0.2, 0.25) is 0 Å². The Balaban J connectivity index is 2.71. The van der Waals surface area contributed by atoms with Gasteiger partial charge in [-0.2, -0.15) is 0 Å². The molecule has 0 aliphatic carbocycles. The van der Waals surface area contributed by atoms with Gasteiger partial charge in [0.05, 0.1) is 24.3 Å². The summed E-state index contributed by atoms with van der Waals surface area (Å²) in [5, 5.41) is 18.5. The van der Waals surface area contributed by atoms with E-state index in [9.17, 15) is 27.9 Å². The molecule has 0 aromatic heterocycles. The summed E-state index contributed by atoms with van der Waals surface area (Å²) in [4.78, 5) is 24.7. The number of aliphatic hydroxyl groups excluding tert-OH is 1. The van der Waals surface area contributed by atoms with Crippen LogP contribution >= 0.6 is 0 Å². The predicted octanol–water partition coefficient (Wildman–Crippen LogP) is 2.18. The van der Waals surface area contributed by atoms with Gasteiger partial charge < -0.3 is 31.5 Å². The molecular weight excluding hydrogens is 429 g/mol. The van der Waals surface area contributed by atoms with Crippen molar-refractivity contribution in [2.24, 2.45) is 5.41 Å². The lowest BCUT2D eigenvalue weighted by atomic mass is 9.96. The Morgan fingerprint density at radius 2 is 1.88 bits per heavy atom. The molecule has 0 heterocycles. The average Bonchev–Trinajstić information content (AvgIpc) is 2.65. The van der Waals surface area contributed by atoms with Crippen molar-refractivity contribution in [2.45, 2.75) is 59.0 Å². The smallest absolute Gasteiger partial charge is 0.406 e. The minimum Gasteiger partial charge on any atom is -0.406 e. The molecular formula is C21H33F3N4O4. The van der Waals surface area contributed by atoms with Crippen LogP contribution in [0.15, 0.2) is 18.2 Å². The number of halogens is 3. The molecule has 0 saturated heterocycles. The van der Waals surface area contributed by atoms with Crippen molar-refractivity contribution in [3.8, 4) is 5.75 Å². The van der Waals surface area contributed by atoms with Crippen molar-refractivity contribution < 1.29 is 32.6 Å². The maximum Gasteiger partial charge on any atom is 0.573 e. The fourth-order valence-electron chi connectivity index (χ4n) is 2.83. The lowest BCUT2D eigenvalue weighted by Gasteiger charge is -2.27. The molecule has 0 bridgehead atoms. The van der Waals surface area contributed by atoms with Gasteiger partial charge in [0.1, 0.15) is 5.75 Å². The fourth-order valence-corrected chi connectivity index (χ4v) is 2.83. The van der Waals surface area contributed by atoms with E-state index >= 15 is 0 Å². The van der Waals surface area contributed by atoms with Gasteiger partial charge in [-0.25, -0.2) is 0 Å². The molecule has 0 fully saturated rings. The first kappa shape index (κ1) is 27.5. The highest BCUT2D eigenvalue weighted by atomic mass is 19.4. The summed E-state index contributed by atoms with van der Waals surface area (Å²) in [6.07, 6.45) is -4.49. The first-order valence-corrected chi connectivity index (χ1v) is 10.3. The summed E-state index contributed by atoms with van der Waals surface area (Å²) < 4.78 is 41.0. The molecule has 0 unspecified atom stereocenters. The number of rotatable bonds is 11. The van der Waals surface area contributed by atoms with Gasteiger partial charge in [-0.05, 0) is 30.0 Å². The Morgan fingerprint density at radius 3 is 2.44 bits per heavy atom. The van der Waals surface area contributed by atoms with Crippen molar-refractivity contribution in [3.05, 3.63) is 23.8 Å². The summed E-state index contributed by atoms with van der Waals surface area (Å²) in [5.41, 5.74) is 5.36. The van der Waals surface area contributed by atoms with E-state index in [0.29, 0.717) is 19.5 Å². The van der Waals surface area contributed by atoms with Gasteiger partial charge in [-0.3, -0.25) is 9.59 Å². The molecule has 1 aromatic carbocycles. The van der Waals surface area contributed by atoms with Crippen LogP contribution < -0.4 is 26.4 Å². The van der Waals surface area contributed by atoms with Crippen LogP contribution in [-0.4, -0.2) is 55.1 Å². The fraction of sp³-hybridized carbons (Fsp3) is 0.619. The molecule has 1 rings (SSSR count). The predicted molar refractivity (Wildman–Crippen MR) is 115 cm³/mol. The SMILES string of the molecule is CCC[C@H](O)[C@H](CNCC(C)(C)C)NC(=O)CNC(=O)c1cc(OC(F)(F)F)ccc1N. The molecule has 2 atom stereocenters. The van der Waals surface area contributed by atoms with Crippen LogP contribution in [0.1, 0.15) is 50.9 Å². The maximum absolute atomic E-state index is 12.4. The van der Waals surface area contributed by atoms with E-state index < -0.39 is 42.6 Å². The number of carbonyl (C=O) groups excluding carboxylic acids is 2. The van der Waals surface area contributed by atoms with Gasteiger partial charge in [0.25, 0.3) is 5.91 Å². The maximum atomic E-state index is 12.4. The monoisotopic (exact) mass is 462 g/mol. The Labute approximate surface area is 186 Å². The van der Waals surface area contributed by atoms with E-state index in [4.69, 9.17) is 5.73 Å². The number of benzene rings is 1. The van der Waals surface area contributed by atoms with Gasteiger partial charge in [-0.15, -0.1) is 13.2 Å². The topological polar surface area (TPSA) is 126 Å². The van der Waals surface area contributed by atoms with Crippen LogP contribution in [0.25, 0.3) is 0 Å². The number of anilines is 1. The number of nitrogens with two attached hydrogens (primary N) is 1. The number of aliphatic hydroxyl groups is 1. The van der Waals surface area contributed by atoms with E-state index in [-0.39, 0.29) is 16.7 Å². The highest BCUT2D eigenvalue weighted by Crippen LogP contribution is 2.26. The Kier molecular flexibility index (Phi) is 10.2. The molecule has 0 aliphatic rings. The van der Waals surface area contributed by atoms with Crippen molar-refractivity contribution in [3.63, 3.8) is 0 Å². The van der Waals surface area contributed by atoms with Crippen LogP contribution in [0.3, 0.4) is 0 Å². The third-order valence-corrected chi connectivity index (χ3v) is 4.33. The summed E-state index contributed by atoms with van der Waals surface area (Å²) in [6.45, 7) is 8.61. The summed E-state index contributed by atoms with van der Waals surface area (Å²) in [7, 11) is 0. The van der Waals surface area contributed by atoms with E-state index in [1.54, 1.807) is 0 Å². The zero-order valence-electron chi connectivity index (χ0n) is 18.8. The van der Waals surface area contributed by atoms with Crippen LogP contribution in [-0.2, 0) is 4.79 Å². The van der Waals surface area contributed by atoms with Gasteiger partial charge in [0.2, 0.25) is 5.91 Å². The molecule has 0 radical (unpaired) electrons. The summed E-state index contributed by atoms with van der Waals surface area (Å²) in [6, 6.07) is 2.36. The molecule has 0 saturated carbocycles. The van der Waals surface area contributed by atoms with E-state index in [2.05, 4.69) is 20.7 Å². The number of nitrogen functional groups attached to an aromatic ring is 1. The quantitative estimate of drug-likeness (QED) is 0.321. The van der Waals surface area contributed by atoms with Gasteiger partial charge in [0, 0.05) is 18.8 Å². The van der Waals surface area contributed by atoms with Crippen LogP contribution in [0.4, 0.5) is 18.9 Å². The van der Waals surface area contributed by atoms with Crippen molar-refractivity contribution in [2.75, 3.05) is 25.4 Å². The van der Waals surface area contributed by atoms with Gasteiger partial charge in [0.15, 0.2) is 0 Å². The van der Waals surface area contributed by atoms with E-state index in [0.717, 1.165) is 24.6 Å². The number of amides is 2. The van der Waals surface area contributed by atoms with Crippen molar-refractivity contribution >= 4 is 17.5 Å². The summed E-state index contributed by atoms with van der Waals surface area (Å²) in [5.74, 6) is -1.99. The zero-order valence-corrected chi connectivity index (χ0v) is 18.8. The molecule has 1 aromatic rings. The third-order valence-electron chi connectivity index (χ3n) is 4.33. The number of ether oxygens (including phenoxy) is 1. The standard InChI is InChI=1S/C21H33F3N4O4/c1-5-6-17(29)16(10-26-12-20(2,3)4)28-18(30)11-27-19(31)14-9-13(7-8-15(14)25)32-21(22,23)24/h7-9,16-17,26,29H,5-6,10-12,25H2,1-4H3,(H,27,31)(H,28,30)/t16-,17-/m0/s1. The van der Waals surface area contributed by atoms with E-state index in [1.807, 2.05) is 27.7 Å². The molecule has 32 heavy (non-hydrogen) atoms. The molecule has 182 valence electrons. The Hall–Kier alpha value is -2.53. The second-order valence-corrected chi connectivity index (χ2v) is 8.70. The first-order chi connectivity index (χ1) is 14.7. The molecule has 0 spiro atoms. The largest absolute Gasteiger partial charge is 0.573 e. The first-order valence-electron chi connectivity index (χ1n) is 10.3. The van der Waals surface area contributed by atoms with E-state index in [1.165, 1.54) is 0 Å². The molecule has 8 nitrogen and oxygen atoms in total. The lowest BCUT2D eigenvalue weighted by Crippen LogP contribution is -2.52. The second-order valence-electron chi connectivity index (χ2n) is 8.70. The highest BCUT2D eigenvalue weighted by Gasteiger charge is 2.31. The Bertz CT molecular complexity index is 766. The minimum atomic E-state index is -4.92. The highest BCUT2D eigenvalue weighted by molar-refractivity contribution is 6.01. The molecule has 2 amide bonds. The second kappa shape index (κ2) is 11.9. The number of carbonyl (C=O) groups is 2. The normalized spacial score (nSPS) is 13.9. The summed E-state index contributed by atoms with van der Waals surface area (Å²) >= 11 is 0. The number of hydrogen-bond donors (Lipinski definition) is 5. The van der Waals surface area contributed by atoms with Gasteiger partial charge in [-0.1, -0.05) is 34.1 Å². The van der Waals surface area contributed by atoms with Crippen molar-refractivity contribution in [1.29, 1.82) is 0 Å². The molecule has 11 heteroatoms. The minimum absolute atomic E-state index is 0.0164. The van der Waals surface area contributed by atoms with Crippen molar-refractivity contribution in [1.82, 2.24) is 16.0 Å².